The van der Waals surface area contributed by atoms with Crippen LogP contribution in [0.15, 0.2) is 11.2 Å². The summed E-state index contributed by atoms with van der Waals surface area (Å²) in [5.74, 6) is -0.150. The van der Waals surface area contributed by atoms with Gasteiger partial charge in [-0.3, -0.25) is 9.48 Å². The van der Waals surface area contributed by atoms with Crippen molar-refractivity contribution >= 4 is 11.7 Å². The van der Waals surface area contributed by atoms with Crippen molar-refractivity contribution in [3.8, 4) is 0 Å². The van der Waals surface area contributed by atoms with Gasteiger partial charge in [0.15, 0.2) is 5.84 Å². The monoisotopic (exact) mass is 267 g/mol. The van der Waals surface area contributed by atoms with Crippen LogP contribution in [0.5, 0.6) is 0 Å². The molecule has 0 fully saturated rings. The molecule has 7 nitrogen and oxygen atoms in total. The van der Waals surface area contributed by atoms with Crippen molar-refractivity contribution in [2.45, 2.75) is 26.7 Å². The smallest absolute Gasteiger partial charge is 0.272 e. The highest BCUT2D eigenvalue weighted by molar-refractivity contribution is 5.95. The molecule has 0 atom stereocenters. The summed E-state index contributed by atoms with van der Waals surface area (Å²) >= 11 is 0. The minimum atomic E-state index is -0.164. The van der Waals surface area contributed by atoms with E-state index in [9.17, 15) is 4.79 Å². The molecule has 3 N–H and O–H groups in total. The number of carbonyl (C=O) groups is 1. The number of hydrogen-bond donors (Lipinski definition) is 2. The third-order valence-corrected chi connectivity index (χ3v) is 2.77. The van der Waals surface area contributed by atoms with Gasteiger partial charge in [-0.05, 0) is 18.9 Å². The van der Waals surface area contributed by atoms with Crippen LogP contribution in [0.2, 0.25) is 0 Å². The van der Waals surface area contributed by atoms with E-state index in [2.05, 4.69) is 10.3 Å². The van der Waals surface area contributed by atoms with E-state index < -0.39 is 0 Å². The Kier molecular flexibility index (Phi) is 5.35. The quantitative estimate of drug-likeness (QED) is 0.341. The molecule has 0 aliphatic heterocycles. The maximum Gasteiger partial charge on any atom is 0.272 e. The molecule has 0 radical (unpaired) electrons. The molecular weight excluding hydrogens is 246 g/mol. The molecule has 0 aliphatic carbocycles. The van der Waals surface area contributed by atoms with Crippen LogP contribution in [0, 0.1) is 0 Å². The SMILES string of the molecule is CCCN(CC(N)=NO)C(=O)c1cc(CC)nn1C. The summed E-state index contributed by atoms with van der Waals surface area (Å²) in [5.41, 5.74) is 6.85. The van der Waals surface area contributed by atoms with Gasteiger partial charge in [0, 0.05) is 13.6 Å². The summed E-state index contributed by atoms with van der Waals surface area (Å²) in [6.07, 6.45) is 1.57. The zero-order valence-corrected chi connectivity index (χ0v) is 11.6. The zero-order chi connectivity index (χ0) is 14.4. The minimum absolute atomic E-state index is 0.0136. The third kappa shape index (κ3) is 3.70. The van der Waals surface area contributed by atoms with Crippen LogP contribution in [-0.2, 0) is 13.5 Å². The number of carbonyl (C=O) groups excluding carboxylic acids is 1. The number of oxime groups is 1. The van der Waals surface area contributed by atoms with Gasteiger partial charge in [0.1, 0.15) is 5.69 Å². The second-order valence-corrected chi connectivity index (χ2v) is 4.32. The molecule has 7 heteroatoms. The lowest BCUT2D eigenvalue weighted by Gasteiger charge is -2.21. The predicted octanol–water partition coefficient (Wildman–Crippen LogP) is 0.581. The molecule has 19 heavy (non-hydrogen) atoms. The Morgan fingerprint density at radius 1 is 1.58 bits per heavy atom. The van der Waals surface area contributed by atoms with E-state index in [4.69, 9.17) is 10.9 Å². The van der Waals surface area contributed by atoms with Crippen molar-refractivity contribution in [3.63, 3.8) is 0 Å². The van der Waals surface area contributed by atoms with Gasteiger partial charge in [-0.1, -0.05) is 19.0 Å². The van der Waals surface area contributed by atoms with Crippen LogP contribution in [-0.4, -0.2) is 44.7 Å². The molecule has 0 saturated carbocycles. The van der Waals surface area contributed by atoms with Crippen molar-refractivity contribution in [1.29, 1.82) is 0 Å². The molecule has 1 amide bonds. The predicted molar refractivity (Wildman–Crippen MR) is 72.2 cm³/mol. The Hall–Kier alpha value is -2.05. The Labute approximate surface area is 112 Å². The van der Waals surface area contributed by atoms with Gasteiger partial charge < -0.3 is 15.8 Å². The number of amides is 1. The first-order chi connectivity index (χ1) is 9.03. The fourth-order valence-corrected chi connectivity index (χ4v) is 1.81. The van der Waals surface area contributed by atoms with Crippen molar-refractivity contribution in [3.05, 3.63) is 17.5 Å². The number of amidine groups is 1. The van der Waals surface area contributed by atoms with Crippen LogP contribution in [0.3, 0.4) is 0 Å². The lowest BCUT2D eigenvalue weighted by atomic mass is 10.2. The molecular formula is C12H21N5O2. The van der Waals surface area contributed by atoms with Crippen LogP contribution < -0.4 is 5.73 Å². The first-order valence-electron chi connectivity index (χ1n) is 6.32. The maximum atomic E-state index is 12.4. The average Bonchev–Trinajstić information content (AvgIpc) is 2.78. The highest BCUT2D eigenvalue weighted by Gasteiger charge is 2.20. The fourth-order valence-electron chi connectivity index (χ4n) is 1.81. The normalized spacial score (nSPS) is 11.6. The van der Waals surface area contributed by atoms with Crippen LogP contribution in [0.25, 0.3) is 0 Å². The van der Waals surface area contributed by atoms with E-state index in [1.165, 1.54) is 0 Å². The van der Waals surface area contributed by atoms with E-state index in [-0.39, 0.29) is 18.3 Å². The van der Waals surface area contributed by atoms with Gasteiger partial charge in [-0.25, -0.2) is 0 Å². The van der Waals surface area contributed by atoms with Crippen LogP contribution in [0.1, 0.15) is 36.5 Å². The first kappa shape index (κ1) is 15.0. The van der Waals surface area contributed by atoms with Gasteiger partial charge in [-0.2, -0.15) is 5.10 Å². The summed E-state index contributed by atoms with van der Waals surface area (Å²) in [7, 11) is 1.74. The van der Waals surface area contributed by atoms with E-state index in [1.54, 1.807) is 22.7 Å². The summed E-state index contributed by atoms with van der Waals surface area (Å²) in [6, 6.07) is 1.78. The minimum Gasteiger partial charge on any atom is -0.409 e. The van der Waals surface area contributed by atoms with Gasteiger partial charge in [-0.15, -0.1) is 0 Å². The Bertz CT molecular complexity index is 467. The number of nitrogens with two attached hydrogens (primary N) is 1. The zero-order valence-electron chi connectivity index (χ0n) is 11.6. The molecule has 1 aromatic rings. The molecule has 0 aromatic carbocycles. The topological polar surface area (TPSA) is 96.7 Å². The second-order valence-electron chi connectivity index (χ2n) is 4.32. The van der Waals surface area contributed by atoms with E-state index in [0.29, 0.717) is 12.2 Å². The van der Waals surface area contributed by atoms with Crippen molar-refractivity contribution in [2.24, 2.45) is 17.9 Å². The molecule has 0 bridgehead atoms. The number of aromatic nitrogens is 2. The lowest BCUT2D eigenvalue weighted by molar-refractivity contribution is 0.0767. The number of hydrogen-bond acceptors (Lipinski definition) is 4. The summed E-state index contributed by atoms with van der Waals surface area (Å²) in [5, 5.41) is 15.8. The summed E-state index contributed by atoms with van der Waals surface area (Å²) in [4.78, 5) is 14.0. The van der Waals surface area contributed by atoms with Gasteiger partial charge >= 0.3 is 0 Å². The average molecular weight is 267 g/mol. The second kappa shape index (κ2) is 6.77. The van der Waals surface area contributed by atoms with Crippen molar-refractivity contribution in [2.75, 3.05) is 13.1 Å². The van der Waals surface area contributed by atoms with Crippen molar-refractivity contribution in [1.82, 2.24) is 14.7 Å². The van der Waals surface area contributed by atoms with Gasteiger partial charge in [0.25, 0.3) is 5.91 Å². The third-order valence-electron chi connectivity index (χ3n) is 2.77. The molecule has 0 aliphatic rings. The molecule has 0 spiro atoms. The standard InChI is InChI=1S/C12H21N5O2/c1-4-6-17(8-11(13)15-19)12(18)10-7-9(5-2)14-16(10)3/h7,19H,4-6,8H2,1-3H3,(H2,13,15). The van der Waals surface area contributed by atoms with Gasteiger partial charge in [0.2, 0.25) is 0 Å². The molecule has 0 saturated heterocycles. The van der Waals surface area contributed by atoms with Crippen molar-refractivity contribution < 1.29 is 10.0 Å². The Morgan fingerprint density at radius 2 is 2.26 bits per heavy atom. The van der Waals surface area contributed by atoms with Gasteiger partial charge in [0.05, 0.1) is 12.2 Å². The molecule has 0 unspecified atom stereocenters. The van der Waals surface area contributed by atoms with E-state index >= 15 is 0 Å². The number of rotatable bonds is 6. The Morgan fingerprint density at radius 3 is 2.74 bits per heavy atom. The fraction of sp³-hybridized carbons (Fsp3) is 0.583. The molecule has 1 heterocycles. The van der Waals surface area contributed by atoms with Crippen LogP contribution >= 0.6 is 0 Å². The van der Waals surface area contributed by atoms with E-state index in [0.717, 1.165) is 18.5 Å². The highest BCUT2D eigenvalue weighted by Crippen LogP contribution is 2.08. The number of nitrogens with zero attached hydrogens (tertiary/aromatic N) is 4. The number of aryl methyl sites for hydroxylation is 2. The largest absolute Gasteiger partial charge is 0.409 e. The van der Waals surface area contributed by atoms with E-state index in [1.807, 2.05) is 13.8 Å². The summed E-state index contributed by atoms with van der Waals surface area (Å²) in [6.45, 7) is 4.60. The Balaban J connectivity index is 2.94. The lowest BCUT2D eigenvalue weighted by Crippen LogP contribution is -2.39. The highest BCUT2D eigenvalue weighted by atomic mass is 16.4. The first-order valence-corrected chi connectivity index (χ1v) is 6.32. The maximum absolute atomic E-state index is 12.4. The van der Waals surface area contributed by atoms with Crippen LogP contribution in [0.4, 0.5) is 0 Å². The molecule has 106 valence electrons. The summed E-state index contributed by atoms with van der Waals surface area (Å²) < 4.78 is 1.57. The molecule has 1 rings (SSSR count). The molecule has 1 aromatic heterocycles.